The molecule has 0 saturated heterocycles. The number of nitro benzene ring substituents is 1. The van der Waals surface area contributed by atoms with Crippen molar-refractivity contribution in [2.45, 2.75) is 20.4 Å². The van der Waals surface area contributed by atoms with Crippen molar-refractivity contribution in [3.8, 4) is 0 Å². The van der Waals surface area contributed by atoms with Gasteiger partial charge in [0, 0.05) is 18.2 Å². The van der Waals surface area contributed by atoms with E-state index in [-0.39, 0.29) is 10.6 Å². The van der Waals surface area contributed by atoms with E-state index in [9.17, 15) is 10.1 Å². The van der Waals surface area contributed by atoms with Crippen LogP contribution in [0.3, 0.4) is 0 Å². The predicted octanol–water partition coefficient (Wildman–Crippen LogP) is 4.48. The van der Waals surface area contributed by atoms with Crippen molar-refractivity contribution >= 4 is 23.0 Å². The Morgan fingerprint density at radius 3 is 2.65 bits per heavy atom. The molecule has 0 radical (unpaired) electrons. The first kappa shape index (κ1) is 14.3. The second-order valence-corrected chi connectivity index (χ2v) is 5.12. The molecule has 2 aromatic carbocycles. The maximum absolute atomic E-state index is 10.9. The second kappa shape index (κ2) is 5.92. The van der Waals surface area contributed by atoms with Gasteiger partial charge in [-0.05, 0) is 37.1 Å². The minimum absolute atomic E-state index is 0.139. The summed E-state index contributed by atoms with van der Waals surface area (Å²) in [5, 5.41) is 14.7. The summed E-state index contributed by atoms with van der Waals surface area (Å²) in [6, 6.07) is 10.9. The van der Waals surface area contributed by atoms with Crippen molar-refractivity contribution in [1.82, 2.24) is 0 Å². The third-order valence-corrected chi connectivity index (χ3v) is 3.40. The number of hydrogen-bond acceptors (Lipinski definition) is 3. The zero-order valence-electron chi connectivity index (χ0n) is 11.3. The van der Waals surface area contributed by atoms with Crippen molar-refractivity contribution in [3.05, 3.63) is 68.2 Å². The number of nitrogens with zero attached hydrogens (tertiary/aromatic N) is 1. The molecule has 2 rings (SSSR count). The predicted molar refractivity (Wildman–Crippen MR) is 81.3 cm³/mol. The van der Waals surface area contributed by atoms with Crippen molar-refractivity contribution in [1.29, 1.82) is 0 Å². The summed E-state index contributed by atoms with van der Waals surface area (Å²) in [6.07, 6.45) is 0. The van der Waals surface area contributed by atoms with Gasteiger partial charge in [-0.2, -0.15) is 0 Å². The molecule has 0 aliphatic heterocycles. The zero-order chi connectivity index (χ0) is 14.7. The Labute approximate surface area is 122 Å². The van der Waals surface area contributed by atoms with Crippen LogP contribution in [0.4, 0.5) is 11.4 Å². The minimum Gasteiger partial charge on any atom is -0.380 e. The highest BCUT2D eigenvalue weighted by Crippen LogP contribution is 2.24. The van der Waals surface area contributed by atoms with E-state index in [0.29, 0.717) is 17.1 Å². The third kappa shape index (κ3) is 3.27. The molecule has 4 nitrogen and oxygen atoms in total. The number of hydrogen-bond donors (Lipinski definition) is 1. The van der Waals surface area contributed by atoms with Crippen LogP contribution >= 0.6 is 11.6 Å². The highest BCUT2D eigenvalue weighted by molar-refractivity contribution is 6.33. The number of aryl methyl sites for hydroxylation is 2. The zero-order valence-corrected chi connectivity index (χ0v) is 12.1. The van der Waals surface area contributed by atoms with Crippen molar-refractivity contribution < 1.29 is 4.92 Å². The fourth-order valence-electron chi connectivity index (χ4n) is 1.93. The number of anilines is 1. The van der Waals surface area contributed by atoms with Crippen LogP contribution in [0.15, 0.2) is 36.4 Å². The fourth-order valence-corrected chi connectivity index (χ4v) is 2.12. The van der Waals surface area contributed by atoms with E-state index in [2.05, 4.69) is 5.32 Å². The maximum atomic E-state index is 10.9. The SMILES string of the molecule is Cc1ccc(Cl)c(NCc2ccc(C)c([N+](=O)[O-])c2)c1. The van der Waals surface area contributed by atoms with Crippen LogP contribution in [-0.2, 0) is 6.54 Å². The summed E-state index contributed by atoms with van der Waals surface area (Å²) in [6.45, 7) is 4.20. The van der Waals surface area contributed by atoms with Crippen LogP contribution in [0.25, 0.3) is 0 Å². The number of rotatable bonds is 4. The highest BCUT2D eigenvalue weighted by atomic mass is 35.5. The minimum atomic E-state index is -0.363. The summed E-state index contributed by atoms with van der Waals surface area (Å²) in [5.41, 5.74) is 3.58. The molecule has 0 atom stereocenters. The van der Waals surface area contributed by atoms with Crippen molar-refractivity contribution in [2.75, 3.05) is 5.32 Å². The van der Waals surface area contributed by atoms with Gasteiger partial charge in [-0.15, -0.1) is 0 Å². The van der Waals surface area contributed by atoms with E-state index in [1.165, 1.54) is 0 Å². The number of halogens is 1. The van der Waals surface area contributed by atoms with Gasteiger partial charge in [0.2, 0.25) is 0 Å². The molecule has 1 N–H and O–H groups in total. The molecular formula is C15H15ClN2O2. The average Bonchev–Trinajstić information content (AvgIpc) is 2.41. The molecule has 0 fully saturated rings. The molecule has 0 unspecified atom stereocenters. The summed E-state index contributed by atoms with van der Waals surface area (Å²) >= 11 is 6.10. The Morgan fingerprint density at radius 2 is 1.95 bits per heavy atom. The Morgan fingerprint density at radius 1 is 1.20 bits per heavy atom. The molecular weight excluding hydrogens is 276 g/mol. The molecule has 0 saturated carbocycles. The van der Waals surface area contributed by atoms with Crippen LogP contribution in [0.2, 0.25) is 5.02 Å². The quantitative estimate of drug-likeness (QED) is 0.667. The molecule has 2 aromatic rings. The number of nitrogens with one attached hydrogen (secondary N) is 1. The first-order chi connectivity index (χ1) is 9.47. The normalized spacial score (nSPS) is 10.3. The van der Waals surface area contributed by atoms with Gasteiger partial charge < -0.3 is 5.32 Å². The Balaban J connectivity index is 2.17. The first-order valence-electron chi connectivity index (χ1n) is 6.21. The maximum Gasteiger partial charge on any atom is 0.272 e. The number of nitro groups is 1. The molecule has 0 bridgehead atoms. The van der Waals surface area contributed by atoms with Gasteiger partial charge in [0.25, 0.3) is 5.69 Å². The topological polar surface area (TPSA) is 55.2 Å². The monoisotopic (exact) mass is 290 g/mol. The van der Waals surface area contributed by atoms with Gasteiger partial charge in [-0.25, -0.2) is 0 Å². The summed E-state index contributed by atoms with van der Waals surface area (Å²) < 4.78 is 0. The molecule has 0 spiro atoms. The van der Waals surface area contributed by atoms with Gasteiger partial charge >= 0.3 is 0 Å². The van der Waals surface area contributed by atoms with Crippen LogP contribution in [0.1, 0.15) is 16.7 Å². The van der Waals surface area contributed by atoms with E-state index < -0.39 is 0 Å². The molecule has 0 amide bonds. The molecule has 0 aliphatic carbocycles. The van der Waals surface area contributed by atoms with Crippen LogP contribution in [0, 0.1) is 24.0 Å². The summed E-state index contributed by atoms with van der Waals surface area (Å²) in [5.74, 6) is 0. The largest absolute Gasteiger partial charge is 0.380 e. The molecule has 0 heterocycles. The van der Waals surface area contributed by atoms with Gasteiger partial charge in [-0.3, -0.25) is 10.1 Å². The molecule has 0 aromatic heterocycles. The Hall–Kier alpha value is -2.07. The van der Waals surface area contributed by atoms with Gasteiger partial charge in [0.15, 0.2) is 0 Å². The lowest BCUT2D eigenvalue weighted by atomic mass is 10.1. The lowest BCUT2D eigenvalue weighted by Gasteiger charge is -2.10. The van der Waals surface area contributed by atoms with E-state index in [1.807, 2.05) is 31.2 Å². The summed E-state index contributed by atoms with van der Waals surface area (Å²) in [7, 11) is 0. The second-order valence-electron chi connectivity index (χ2n) is 4.71. The van der Waals surface area contributed by atoms with Crippen LogP contribution in [0.5, 0.6) is 0 Å². The highest BCUT2D eigenvalue weighted by Gasteiger charge is 2.11. The third-order valence-electron chi connectivity index (χ3n) is 3.08. The standard InChI is InChI=1S/C15H15ClN2O2/c1-10-3-6-13(16)14(7-10)17-9-12-5-4-11(2)15(8-12)18(19)20/h3-8,17H,9H2,1-2H3. The first-order valence-corrected chi connectivity index (χ1v) is 6.59. The molecule has 20 heavy (non-hydrogen) atoms. The Bertz CT molecular complexity index is 656. The van der Waals surface area contributed by atoms with Crippen molar-refractivity contribution in [3.63, 3.8) is 0 Å². The van der Waals surface area contributed by atoms with E-state index >= 15 is 0 Å². The molecule has 0 aliphatic rings. The summed E-state index contributed by atoms with van der Waals surface area (Å²) in [4.78, 5) is 10.5. The van der Waals surface area contributed by atoms with Gasteiger partial charge in [0.05, 0.1) is 15.6 Å². The van der Waals surface area contributed by atoms with Gasteiger partial charge in [-0.1, -0.05) is 29.8 Å². The Kier molecular flexibility index (Phi) is 4.25. The molecule has 5 heteroatoms. The average molecular weight is 291 g/mol. The van der Waals surface area contributed by atoms with E-state index in [0.717, 1.165) is 16.8 Å². The van der Waals surface area contributed by atoms with Crippen LogP contribution < -0.4 is 5.32 Å². The number of benzene rings is 2. The fraction of sp³-hybridized carbons (Fsp3) is 0.200. The molecule has 104 valence electrons. The van der Waals surface area contributed by atoms with Crippen molar-refractivity contribution in [2.24, 2.45) is 0 Å². The lowest BCUT2D eigenvalue weighted by molar-refractivity contribution is -0.385. The van der Waals surface area contributed by atoms with E-state index in [4.69, 9.17) is 11.6 Å². The van der Waals surface area contributed by atoms with E-state index in [1.54, 1.807) is 19.1 Å². The van der Waals surface area contributed by atoms with Gasteiger partial charge in [0.1, 0.15) is 0 Å². The smallest absolute Gasteiger partial charge is 0.272 e. The van der Waals surface area contributed by atoms with Crippen LogP contribution in [-0.4, -0.2) is 4.92 Å². The lowest BCUT2D eigenvalue weighted by Crippen LogP contribution is -2.02.